The van der Waals surface area contributed by atoms with Gasteiger partial charge in [0.15, 0.2) is 5.82 Å². The lowest BCUT2D eigenvalue weighted by atomic mass is 10.2. The molecule has 2 rings (SSSR count). The molecule has 0 unspecified atom stereocenters. The Morgan fingerprint density at radius 1 is 1.40 bits per heavy atom. The standard InChI is InChI=1S/C10H8Cl2FNO/c11-7-4-3-6(8(12)9(7)13)10(15)14-5-1-2-5/h3-5H,1-2H2,(H,14,15). The molecule has 0 spiro atoms. The van der Waals surface area contributed by atoms with Crippen LogP contribution in [-0.4, -0.2) is 11.9 Å². The number of rotatable bonds is 2. The van der Waals surface area contributed by atoms with E-state index in [1.807, 2.05) is 0 Å². The number of nitrogens with one attached hydrogen (secondary N) is 1. The summed E-state index contributed by atoms with van der Waals surface area (Å²) in [5, 5.41) is 2.42. The van der Waals surface area contributed by atoms with Crippen molar-refractivity contribution in [3.63, 3.8) is 0 Å². The summed E-state index contributed by atoms with van der Waals surface area (Å²) in [6, 6.07) is 2.96. The Balaban J connectivity index is 2.26. The Morgan fingerprint density at radius 3 is 2.67 bits per heavy atom. The van der Waals surface area contributed by atoms with Gasteiger partial charge in [-0.2, -0.15) is 0 Å². The van der Waals surface area contributed by atoms with Crippen molar-refractivity contribution in [1.82, 2.24) is 5.32 Å². The Kier molecular flexibility index (Phi) is 2.85. The van der Waals surface area contributed by atoms with Crippen LogP contribution in [0.1, 0.15) is 23.2 Å². The van der Waals surface area contributed by atoms with Crippen LogP contribution in [0.5, 0.6) is 0 Å². The quantitative estimate of drug-likeness (QED) is 0.801. The summed E-state index contributed by atoms with van der Waals surface area (Å²) < 4.78 is 13.3. The van der Waals surface area contributed by atoms with Crippen LogP contribution in [0.15, 0.2) is 12.1 Å². The molecule has 0 radical (unpaired) electrons. The molecule has 0 saturated heterocycles. The predicted molar refractivity (Wildman–Crippen MR) is 56.9 cm³/mol. The highest BCUT2D eigenvalue weighted by atomic mass is 35.5. The van der Waals surface area contributed by atoms with Gasteiger partial charge >= 0.3 is 0 Å². The molecule has 1 amide bonds. The lowest BCUT2D eigenvalue weighted by molar-refractivity contribution is 0.0951. The van der Waals surface area contributed by atoms with Crippen molar-refractivity contribution >= 4 is 29.1 Å². The van der Waals surface area contributed by atoms with E-state index in [1.54, 1.807) is 0 Å². The van der Waals surface area contributed by atoms with E-state index in [-0.39, 0.29) is 27.6 Å². The molecule has 1 fully saturated rings. The zero-order chi connectivity index (χ0) is 11.0. The number of benzene rings is 1. The molecule has 1 aliphatic carbocycles. The van der Waals surface area contributed by atoms with Crippen LogP contribution in [-0.2, 0) is 0 Å². The molecule has 2 nitrogen and oxygen atoms in total. The van der Waals surface area contributed by atoms with Gasteiger partial charge in [-0.3, -0.25) is 4.79 Å². The molecular formula is C10H8Cl2FNO. The van der Waals surface area contributed by atoms with Crippen molar-refractivity contribution in [3.8, 4) is 0 Å². The summed E-state index contributed by atoms with van der Waals surface area (Å²) >= 11 is 11.2. The molecule has 1 aromatic rings. The zero-order valence-electron chi connectivity index (χ0n) is 7.69. The molecule has 1 N–H and O–H groups in total. The first-order valence-electron chi connectivity index (χ1n) is 4.54. The van der Waals surface area contributed by atoms with Gasteiger partial charge in [0, 0.05) is 6.04 Å². The van der Waals surface area contributed by atoms with E-state index >= 15 is 0 Å². The first kappa shape index (κ1) is 10.7. The van der Waals surface area contributed by atoms with Gasteiger partial charge in [-0.1, -0.05) is 23.2 Å². The average Bonchev–Trinajstić information content (AvgIpc) is 2.98. The van der Waals surface area contributed by atoms with Crippen molar-refractivity contribution < 1.29 is 9.18 Å². The minimum absolute atomic E-state index is 0.0806. The molecule has 1 saturated carbocycles. The highest BCUT2D eigenvalue weighted by molar-refractivity contribution is 6.37. The number of carbonyl (C=O) groups is 1. The van der Waals surface area contributed by atoms with E-state index in [0.29, 0.717) is 0 Å². The molecule has 0 aromatic heterocycles. The van der Waals surface area contributed by atoms with Gasteiger partial charge in [-0.25, -0.2) is 4.39 Å². The van der Waals surface area contributed by atoms with Gasteiger partial charge in [-0.15, -0.1) is 0 Å². The smallest absolute Gasteiger partial charge is 0.253 e. The first-order chi connectivity index (χ1) is 7.09. The van der Waals surface area contributed by atoms with Gasteiger partial charge in [0.1, 0.15) is 0 Å². The molecule has 0 atom stereocenters. The third kappa shape index (κ3) is 2.24. The molecule has 5 heteroatoms. The van der Waals surface area contributed by atoms with E-state index in [1.165, 1.54) is 12.1 Å². The van der Waals surface area contributed by atoms with Crippen molar-refractivity contribution in [1.29, 1.82) is 0 Å². The molecular weight excluding hydrogens is 240 g/mol. The Labute approximate surface area is 96.4 Å². The van der Waals surface area contributed by atoms with Crippen molar-refractivity contribution in [2.75, 3.05) is 0 Å². The minimum Gasteiger partial charge on any atom is -0.349 e. The van der Waals surface area contributed by atoms with Gasteiger partial charge in [-0.05, 0) is 25.0 Å². The fraction of sp³-hybridized carbons (Fsp3) is 0.300. The second-order valence-corrected chi connectivity index (χ2v) is 4.26. The van der Waals surface area contributed by atoms with Crippen molar-refractivity contribution in [2.45, 2.75) is 18.9 Å². The van der Waals surface area contributed by atoms with Gasteiger partial charge in [0.2, 0.25) is 0 Å². The van der Waals surface area contributed by atoms with E-state index in [0.717, 1.165) is 12.8 Å². The number of amides is 1. The molecule has 0 bridgehead atoms. The second-order valence-electron chi connectivity index (χ2n) is 3.47. The number of hydrogen-bond donors (Lipinski definition) is 1. The lowest BCUT2D eigenvalue weighted by Gasteiger charge is -2.06. The van der Waals surface area contributed by atoms with Crippen molar-refractivity contribution in [3.05, 3.63) is 33.6 Å². The summed E-state index contributed by atoms with van der Waals surface area (Å²) in [4.78, 5) is 11.6. The van der Waals surface area contributed by atoms with E-state index in [9.17, 15) is 9.18 Å². The van der Waals surface area contributed by atoms with Crippen LogP contribution in [0.25, 0.3) is 0 Å². The third-order valence-corrected chi connectivity index (χ3v) is 2.85. The van der Waals surface area contributed by atoms with E-state index < -0.39 is 5.82 Å². The monoisotopic (exact) mass is 247 g/mol. The molecule has 1 aromatic carbocycles. The van der Waals surface area contributed by atoms with Crippen LogP contribution in [0.3, 0.4) is 0 Å². The third-order valence-electron chi connectivity index (χ3n) is 2.19. The summed E-state index contributed by atoms with van der Waals surface area (Å²) in [6.07, 6.45) is 1.94. The summed E-state index contributed by atoms with van der Waals surface area (Å²) in [5.41, 5.74) is 0.130. The van der Waals surface area contributed by atoms with Crippen LogP contribution >= 0.6 is 23.2 Å². The largest absolute Gasteiger partial charge is 0.349 e. The Bertz CT molecular complexity index is 418. The highest BCUT2D eigenvalue weighted by Gasteiger charge is 2.25. The Morgan fingerprint density at radius 2 is 2.07 bits per heavy atom. The van der Waals surface area contributed by atoms with Crippen LogP contribution in [0.2, 0.25) is 10.0 Å². The van der Waals surface area contributed by atoms with Crippen LogP contribution < -0.4 is 5.32 Å². The fourth-order valence-corrected chi connectivity index (χ4v) is 1.65. The van der Waals surface area contributed by atoms with Crippen LogP contribution in [0, 0.1) is 5.82 Å². The van der Waals surface area contributed by atoms with Gasteiger partial charge in [0.05, 0.1) is 15.6 Å². The highest BCUT2D eigenvalue weighted by Crippen LogP contribution is 2.27. The topological polar surface area (TPSA) is 29.1 Å². The maximum absolute atomic E-state index is 13.3. The zero-order valence-corrected chi connectivity index (χ0v) is 9.20. The second kappa shape index (κ2) is 3.99. The predicted octanol–water partition coefficient (Wildman–Crippen LogP) is 3.02. The average molecular weight is 248 g/mol. The van der Waals surface area contributed by atoms with Gasteiger partial charge < -0.3 is 5.32 Å². The molecule has 80 valence electrons. The minimum atomic E-state index is -0.748. The lowest BCUT2D eigenvalue weighted by Crippen LogP contribution is -2.25. The number of halogens is 3. The summed E-state index contributed by atoms with van der Waals surface area (Å²) in [6.45, 7) is 0. The summed E-state index contributed by atoms with van der Waals surface area (Å²) in [7, 11) is 0. The van der Waals surface area contributed by atoms with E-state index in [2.05, 4.69) is 5.32 Å². The fourth-order valence-electron chi connectivity index (χ4n) is 1.19. The number of hydrogen-bond acceptors (Lipinski definition) is 1. The molecule has 1 aliphatic rings. The maximum Gasteiger partial charge on any atom is 0.253 e. The first-order valence-corrected chi connectivity index (χ1v) is 5.29. The molecule has 15 heavy (non-hydrogen) atoms. The van der Waals surface area contributed by atoms with E-state index in [4.69, 9.17) is 23.2 Å². The SMILES string of the molecule is O=C(NC1CC1)c1ccc(Cl)c(F)c1Cl. The normalized spacial score (nSPS) is 15.1. The van der Waals surface area contributed by atoms with Crippen LogP contribution in [0.4, 0.5) is 4.39 Å². The Hall–Kier alpha value is -0.800. The summed E-state index contributed by atoms with van der Waals surface area (Å²) in [5.74, 6) is -1.10. The molecule has 0 aliphatic heterocycles. The van der Waals surface area contributed by atoms with Gasteiger partial charge in [0.25, 0.3) is 5.91 Å². The molecule has 0 heterocycles. The number of carbonyl (C=O) groups excluding carboxylic acids is 1. The maximum atomic E-state index is 13.3. The van der Waals surface area contributed by atoms with Crippen molar-refractivity contribution in [2.24, 2.45) is 0 Å².